The molecule has 0 aromatic heterocycles. The molecule has 1 heterocycles. The summed E-state index contributed by atoms with van der Waals surface area (Å²) < 4.78 is 6.35. The number of hydrogen-bond donors (Lipinski definition) is 1. The zero-order chi connectivity index (χ0) is 12.3. The van der Waals surface area contributed by atoms with Crippen LogP contribution >= 0.6 is 15.9 Å². The quantitative estimate of drug-likeness (QED) is 0.930. The van der Waals surface area contributed by atoms with Crippen LogP contribution in [-0.4, -0.2) is 36.3 Å². The van der Waals surface area contributed by atoms with E-state index in [1.54, 1.807) is 7.11 Å². The maximum Gasteiger partial charge on any atom is 0.119 e. The SMILES string of the molecule is COc1ccc(Br)c(CN2CCC(O)CC2)c1. The normalized spacial score (nSPS) is 18.3. The third-order valence-electron chi connectivity index (χ3n) is 3.20. The van der Waals surface area contributed by atoms with E-state index >= 15 is 0 Å². The van der Waals surface area contributed by atoms with E-state index in [9.17, 15) is 5.11 Å². The summed E-state index contributed by atoms with van der Waals surface area (Å²) in [5.41, 5.74) is 1.24. The lowest BCUT2D eigenvalue weighted by Crippen LogP contribution is -2.35. The largest absolute Gasteiger partial charge is 0.497 e. The maximum absolute atomic E-state index is 9.47. The van der Waals surface area contributed by atoms with Gasteiger partial charge < -0.3 is 9.84 Å². The first-order chi connectivity index (χ1) is 8.19. The Hall–Kier alpha value is -0.580. The fourth-order valence-corrected chi connectivity index (χ4v) is 2.49. The number of piperidine rings is 1. The van der Waals surface area contributed by atoms with E-state index < -0.39 is 0 Å². The highest BCUT2D eigenvalue weighted by Gasteiger charge is 2.17. The molecule has 0 saturated carbocycles. The molecule has 1 aromatic rings. The molecular formula is C13H18BrNO2. The van der Waals surface area contributed by atoms with Crippen LogP contribution in [0.2, 0.25) is 0 Å². The number of halogens is 1. The zero-order valence-corrected chi connectivity index (χ0v) is 11.6. The fraction of sp³-hybridized carbons (Fsp3) is 0.538. The second-order valence-corrected chi connectivity index (χ2v) is 5.32. The van der Waals surface area contributed by atoms with Crippen LogP contribution in [0, 0.1) is 0 Å². The number of ether oxygens (including phenoxy) is 1. The summed E-state index contributed by atoms with van der Waals surface area (Å²) in [5, 5.41) is 9.47. The highest BCUT2D eigenvalue weighted by Crippen LogP contribution is 2.24. The van der Waals surface area contributed by atoms with E-state index in [2.05, 4.69) is 26.9 Å². The van der Waals surface area contributed by atoms with Gasteiger partial charge in [0.2, 0.25) is 0 Å². The molecule has 94 valence electrons. The van der Waals surface area contributed by atoms with Gasteiger partial charge in [0.05, 0.1) is 13.2 Å². The number of aliphatic hydroxyl groups excluding tert-OH is 1. The van der Waals surface area contributed by atoms with Gasteiger partial charge in [-0.05, 0) is 36.6 Å². The predicted octanol–water partition coefficient (Wildman–Crippen LogP) is 2.41. The van der Waals surface area contributed by atoms with E-state index in [4.69, 9.17) is 4.74 Å². The van der Waals surface area contributed by atoms with Crippen LogP contribution < -0.4 is 4.74 Å². The van der Waals surface area contributed by atoms with Crippen LogP contribution in [0.5, 0.6) is 5.75 Å². The van der Waals surface area contributed by atoms with Gasteiger partial charge in [-0.15, -0.1) is 0 Å². The highest BCUT2D eigenvalue weighted by atomic mass is 79.9. The topological polar surface area (TPSA) is 32.7 Å². The molecule has 0 radical (unpaired) electrons. The van der Waals surface area contributed by atoms with Gasteiger partial charge >= 0.3 is 0 Å². The minimum atomic E-state index is -0.111. The first kappa shape index (κ1) is 12.9. The summed E-state index contributed by atoms with van der Waals surface area (Å²) in [6.45, 7) is 2.83. The van der Waals surface area contributed by atoms with E-state index in [0.717, 1.165) is 42.7 Å². The average molecular weight is 300 g/mol. The van der Waals surface area contributed by atoms with Gasteiger partial charge in [-0.1, -0.05) is 15.9 Å². The van der Waals surface area contributed by atoms with Crippen LogP contribution in [0.25, 0.3) is 0 Å². The molecule has 0 aliphatic carbocycles. The highest BCUT2D eigenvalue weighted by molar-refractivity contribution is 9.10. The lowest BCUT2D eigenvalue weighted by molar-refractivity contribution is 0.0791. The van der Waals surface area contributed by atoms with Gasteiger partial charge in [-0.2, -0.15) is 0 Å². The molecule has 0 atom stereocenters. The molecule has 4 heteroatoms. The van der Waals surface area contributed by atoms with Crippen LogP contribution in [0.15, 0.2) is 22.7 Å². The van der Waals surface area contributed by atoms with Gasteiger partial charge in [0.1, 0.15) is 5.75 Å². The Morgan fingerprint density at radius 3 is 2.76 bits per heavy atom. The van der Waals surface area contributed by atoms with Crippen molar-refractivity contribution in [3.63, 3.8) is 0 Å². The summed E-state index contributed by atoms with van der Waals surface area (Å²) in [5.74, 6) is 0.889. The van der Waals surface area contributed by atoms with Gasteiger partial charge in [0.15, 0.2) is 0 Å². The summed E-state index contributed by atoms with van der Waals surface area (Å²) >= 11 is 3.57. The number of likely N-dealkylation sites (tertiary alicyclic amines) is 1. The van der Waals surface area contributed by atoms with E-state index in [-0.39, 0.29) is 6.10 Å². The number of nitrogens with zero attached hydrogens (tertiary/aromatic N) is 1. The third-order valence-corrected chi connectivity index (χ3v) is 3.98. The van der Waals surface area contributed by atoms with Crippen molar-refractivity contribution in [2.45, 2.75) is 25.5 Å². The summed E-state index contributed by atoms with van der Waals surface area (Å²) in [6, 6.07) is 6.04. The lowest BCUT2D eigenvalue weighted by atomic mass is 10.1. The molecular weight excluding hydrogens is 282 g/mol. The second-order valence-electron chi connectivity index (χ2n) is 4.46. The first-order valence-corrected chi connectivity index (χ1v) is 6.71. The molecule has 2 rings (SSSR count). The fourth-order valence-electron chi connectivity index (χ4n) is 2.12. The van der Waals surface area contributed by atoms with Crippen molar-refractivity contribution >= 4 is 15.9 Å². The Labute approximate surface area is 111 Å². The summed E-state index contributed by atoms with van der Waals surface area (Å²) in [7, 11) is 1.68. The van der Waals surface area contributed by atoms with Crippen molar-refractivity contribution in [3.05, 3.63) is 28.2 Å². The Bertz CT molecular complexity index is 376. The number of rotatable bonds is 3. The lowest BCUT2D eigenvalue weighted by Gasteiger charge is -2.29. The molecule has 1 fully saturated rings. The molecule has 1 aliphatic rings. The van der Waals surface area contributed by atoms with Crippen molar-refractivity contribution in [2.24, 2.45) is 0 Å². The smallest absolute Gasteiger partial charge is 0.119 e. The second kappa shape index (κ2) is 5.85. The van der Waals surface area contributed by atoms with E-state index in [1.807, 2.05) is 12.1 Å². The van der Waals surface area contributed by atoms with Crippen LogP contribution in [0.3, 0.4) is 0 Å². The summed E-state index contributed by atoms with van der Waals surface area (Å²) in [4.78, 5) is 2.37. The van der Waals surface area contributed by atoms with Gasteiger partial charge in [0, 0.05) is 24.1 Å². The average Bonchev–Trinajstić information content (AvgIpc) is 2.35. The Morgan fingerprint density at radius 1 is 1.41 bits per heavy atom. The number of aliphatic hydroxyl groups is 1. The number of benzene rings is 1. The van der Waals surface area contributed by atoms with Crippen molar-refractivity contribution in [3.8, 4) is 5.75 Å². The van der Waals surface area contributed by atoms with Gasteiger partial charge in [0.25, 0.3) is 0 Å². The molecule has 1 saturated heterocycles. The van der Waals surface area contributed by atoms with Gasteiger partial charge in [-0.3, -0.25) is 4.90 Å². The molecule has 1 aromatic carbocycles. The minimum Gasteiger partial charge on any atom is -0.497 e. The zero-order valence-electron chi connectivity index (χ0n) is 10.0. The van der Waals surface area contributed by atoms with Crippen molar-refractivity contribution in [2.75, 3.05) is 20.2 Å². The van der Waals surface area contributed by atoms with Crippen molar-refractivity contribution in [1.29, 1.82) is 0 Å². The third kappa shape index (κ3) is 3.44. The Kier molecular flexibility index (Phi) is 4.42. The van der Waals surface area contributed by atoms with E-state index in [0.29, 0.717) is 0 Å². The Morgan fingerprint density at radius 2 is 2.12 bits per heavy atom. The molecule has 1 N–H and O–H groups in total. The molecule has 17 heavy (non-hydrogen) atoms. The van der Waals surface area contributed by atoms with Crippen molar-refractivity contribution in [1.82, 2.24) is 4.90 Å². The van der Waals surface area contributed by atoms with Crippen LogP contribution in [-0.2, 0) is 6.54 Å². The van der Waals surface area contributed by atoms with Crippen LogP contribution in [0.1, 0.15) is 18.4 Å². The minimum absolute atomic E-state index is 0.111. The Balaban J connectivity index is 2.02. The summed E-state index contributed by atoms with van der Waals surface area (Å²) in [6.07, 6.45) is 1.64. The molecule has 0 amide bonds. The molecule has 1 aliphatic heterocycles. The predicted molar refractivity (Wildman–Crippen MR) is 71.2 cm³/mol. The monoisotopic (exact) mass is 299 g/mol. The number of hydrogen-bond acceptors (Lipinski definition) is 3. The molecule has 0 bridgehead atoms. The van der Waals surface area contributed by atoms with Crippen LogP contribution in [0.4, 0.5) is 0 Å². The number of methoxy groups -OCH3 is 1. The van der Waals surface area contributed by atoms with E-state index in [1.165, 1.54) is 5.56 Å². The molecule has 0 spiro atoms. The molecule has 0 unspecified atom stereocenters. The molecule has 3 nitrogen and oxygen atoms in total. The maximum atomic E-state index is 9.47. The van der Waals surface area contributed by atoms with Crippen molar-refractivity contribution < 1.29 is 9.84 Å². The van der Waals surface area contributed by atoms with Gasteiger partial charge in [-0.25, -0.2) is 0 Å². The first-order valence-electron chi connectivity index (χ1n) is 5.92. The standard InChI is InChI=1S/C13H18BrNO2/c1-17-12-2-3-13(14)10(8-12)9-15-6-4-11(16)5-7-15/h2-3,8,11,16H,4-7,9H2,1H3.